The fourth-order valence-corrected chi connectivity index (χ4v) is 1.92. The number of piperidine rings is 1. The molecule has 16 heavy (non-hydrogen) atoms. The van der Waals surface area contributed by atoms with Crippen LogP contribution in [0.5, 0.6) is 0 Å². The normalized spacial score (nSPS) is 16.1. The largest absolute Gasteiger partial charge is 0.336 e. The molecule has 1 saturated heterocycles. The highest BCUT2D eigenvalue weighted by Gasteiger charge is 2.15. The summed E-state index contributed by atoms with van der Waals surface area (Å²) in [4.78, 5) is 13.6. The minimum Gasteiger partial charge on any atom is -0.336 e. The molecule has 0 bridgehead atoms. The summed E-state index contributed by atoms with van der Waals surface area (Å²) in [7, 11) is 0. The molecule has 0 radical (unpaired) electrons. The maximum Gasteiger partial charge on any atom is 0.317 e. The van der Waals surface area contributed by atoms with Gasteiger partial charge in [0.05, 0.1) is 6.54 Å². The van der Waals surface area contributed by atoms with Crippen LogP contribution in [0, 0.1) is 0 Å². The molecule has 0 spiro atoms. The van der Waals surface area contributed by atoms with E-state index in [0.717, 1.165) is 32.5 Å². The summed E-state index contributed by atoms with van der Waals surface area (Å²) in [6, 6.07) is 1.94. The topological polar surface area (TPSA) is 50.2 Å². The molecule has 1 fully saturated rings. The third-order valence-electron chi connectivity index (χ3n) is 2.82. The smallest absolute Gasteiger partial charge is 0.317 e. The lowest BCUT2D eigenvalue weighted by Gasteiger charge is -2.26. The number of aromatic nitrogens is 2. The second-order valence-electron chi connectivity index (χ2n) is 4.05. The second kappa shape index (κ2) is 5.53. The zero-order valence-corrected chi connectivity index (χ0v) is 9.43. The van der Waals surface area contributed by atoms with Gasteiger partial charge in [-0.3, -0.25) is 4.68 Å². The summed E-state index contributed by atoms with van der Waals surface area (Å²) < 4.78 is 1.82. The maximum absolute atomic E-state index is 11.7. The van der Waals surface area contributed by atoms with Crippen LogP contribution >= 0.6 is 0 Å². The van der Waals surface area contributed by atoms with Gasteiger partial charge in [0.2, 0.25) is 0 Å². The molecule has 2 heterocycles. The van der Waals surface area contributed by atoms with Crippen molar-refractivity contribution in [3.05, 3.63) is 18.5 Å². The quantitative estimate of drug-likeness (QED) is 0.832. The first-order valence-electron chi connectivity index (χ1n) is 5.86. The Morgan fingerprint density at radius 3 is 2.81 bits per heavy atom. The monoisotopic (exact) mass is 222 g/mol. The average molecular weight is 222 g/mol. The molecule has 5 heteroatoms. The van der Waals surface area contributed by atoms with Crippen LogP contribution < -0.4 is 5.32 Å². The summed E-state index contributed by atoms with van der Waals surface area (Å²) in [6.45, 7) is 3.16. The SMILES string of the molecule is O=C(NCCn1cccn1)N1CCCCC1. The van der Waals surface area contributed by atoms with Crippen LogP contribution in [-0.4, -0.2) is 40.3 Å². The first-order valence-corrected chi connectivity index (χ1v) is 5.86. The fourth-order valence-electron chi connectivity index (χ4n) is 1.92. The predicted molar refractivity (Wildman–Crippen MR) is 61.0 cm³/mol. The number of amides is 2. The zero-order valence-electron chi connectivity index (χ0n) is 9.43. The molecule has 2 rings (SSSR count). The molecule has 1 aromatic rings. The minimum absolute atomic E-state index is 0.0619. The first-order chi connectivity index (χ1) is 7.86. The Labute approximate surface area is 95.4 Å². The third-order valence-corrected chi connectivity index (χ3v) is 2.82. The Balaban J connectivity index is 1.67. The zero-order chi connectivity index (χ0) is 11.2. The second-order valence-corrected chi connectivity index (χ2v) is 4.05. The maximum atomic E-state index is 11.7. The Bertz CT molecular complexity index is 317. The molecule has 0 aliphatic carbocycles. The highest BCUT2D eigenvalue weighted by atomic mass is 16.2. The van der Waals surface area contributed by atoms with Crippen LogP contribution in [0.2, 0.25) is 0 Å². The van der Waals surface area contributed by atoms with Gasteiger partial charge in [-0.15, -0.1) is 0 Å². The van der Waals surface area contributed by atoms with E-state index in [0.29, 0.717) is 6.54 Å². The van der Waals surface area contributed by atoms with Crippen LogP contribution in [-0.2, 0) is 6.54 Å². The van der Waals surface area contributed by atoms with E-state index in [2.05, 4.69) is 10.4 Å². The van der Waals surface area contributed by atoms with E-state index in [-0.39, 0.29) is 6.03 Å². The van der Waals surface area contributed by atoms with Crippen LogP contribution in [0.25, 0.3) is 0 Å². The number of carbonyl (C=O) groups is 1. The number of nitrogens with zero attached hydrogens (tertiary/aromatic N) is 3. The molecule has 1 N–H and O–H groups in total. The van der Waals surface area contributed by atoms with Crippen LogP contribution in [0.4, 0.5) is 4.79 Å². The lowest BCUT2D eigenvalue weighted by Crippen LogP contribution is -2.43. The van der Waals surface area contributed by atoms with Crippen molar-refractivity contribution in [1.82, 2.24) is 20.0 Å². The van der Waals surface area contributed by atoms with Gasteiger partial charge in [0.15, 0.2) is 0 Å². The Kier molecular flexibility index (Phi) is 3.80. The first kappa shape index (κ1) is 11.0. The lowest BCUT2D eigenvalue weighted by molar-refractivity contribution is 0.186. The standard InChI is InChI=1S/C11H18N4O/c16-11(14-7-2-1-3-8-14)12-6-10-15-9-4-5-13-15/h4-5,9H,1-3,6-8,10H2,(H,12,16). The summed E-state index contributed by atoms with van der Waals surface area (Å²) in [5, 5.41) is 6.99. The van der Waals surface area contributed by atoms with E-state index in [4.69, 9.17) is 0 Å². The van der Waals surface area contributed by atoms with E-state index in [1.165, 1.54) is 6.42 Å². The molecule has 0 atom stereocenters. The molecule has 2 amide bonds. The lowest BCUT2D eigenvalue weighted by atomic mass is 10.1. The molecule has 0 saturated carbocycles. The van der Waals surface area contributed by atoms with E-state index < -0.39 is 0 Å². The van der Waals surface area contributed by atoms with Gasteiger partial charge in [0, 0.05) is 32.0 Å². The summed E-state index contributed by atoms with van der Waals surface area (Å²) in [5.74, 6) is 0. The van der Waals surface area contributed by atoms with Gasteiger partial charge in [0.25, 0.3) is 0 Å². The molecule has 5 nitrogen and oxygen atoms in total. The van der Waals surface area contributed by atoms with Crippen molar-refractivity contribution in [3.63, 3.8) is 0 Å². The minimum atomic E-state index is 0.0619. The number of rotatable bonds is 3. The van der Waals surface area contributed by atoms with Gasteiger partial charge in [-0.25, -0.2) is 4.79 Å². The molecule has 1 aliphatic rings. The van der Waals surface area contributed by atoms with Crippen LogP contribution in [0.1, 0.15) is 19.3 Å². The van der Waals surface area contributed by atoms with Gasteiger partial charge in [0.1, 0.15) is 0 Å². The summed E-state index contributed by atoms with van der Waals surface area (Å²) >= 11 is 0. The molecule has 88 valence electrons. The number of hydrogen-bond acceptors (Lipinski definition) is 2. The summed E-state index contributed by atoms with van der Waals surface area (Å²) in [5.41, 5.74) is 0. The van der Waals surface area contributed by atoms with Crippen molar-refractivity contribution >= 4 is 6.03 Å². The number of carbonyl (C=O) groups excluding carboxylic acids is 1. The molecule has 0 unspecified atom stereocenters. The molecule has 1 aliphatic heterocycles. The predicted octanol–water partition coefficient (Wildman–Crippen LogP) is 1.08. The van der Waals surface area contributed by atoms with Gasteiger partial charge in [-0.2, -0.15) is 5.10 Å². The van der Waals surface area contributed by atoms with Gasteiger partial charge in [-0.05, 0) is 25.3 Å². The number of urea groups is 1. The highest BCUT2D eigenvalue weighted by Crippen LogP contribution is 2.08. The van der Waals surface area contributed by atoms with E-state index in [1.54, 1.807) is 6.20 Å². The van der Waals surface area contributed by atoms with Gasteiger partial charge >= 0.3 is 6.03 Å². The summed E-state index contributed by atoms with van der Waals surface area (Å²) in [6.07, 6.45) is 7.15. The van der Waals surface area contributed by atoms with Crippen molar-refractivity contribution in [3.8, 4) is 0 Å². The van der Waals surface area contributed by atoms with Crippen molar-refractivity contribution in [1.29, 1.82) is 0 Å². The van der Waals surface area contributed by atoms with Crippen molar-refractivity contribution < 1.29 is 4.79 Å². The highest BCUT2D eigenvalue weighted by molar-refractivity contribution is 5.74. The molecule has 0 aromatic carbocycles. The van der Waals surface area contributed by atoms with E-state index >= 15 is 0 Å². The molecule has 1 aromatic heterocycles. The Hall–Kier alpha value is -1.52. The van der Waals surface area contributed by atoms with Crippen molar-refractivity contribution in [2.45, 2.75) is 25.8 Å². The van der Waals surface area contributed by atoms with Crippen LogP contribution in [0.15, 0.2) is 18.5 Å². The fraction of sp³-hybridized carbons (Fsp3) is 0.636. The Morgan fingerprint density at radius 2 is 2.12 bits per heavy atom. The number of hydrogen-bond donors (Lipinski definition) is 1. The van der Waals surface area contributed by atoms with Crippen molar-refractivity contribution in [2.75, 3.05) is 19.6 Å². The van der Waals surface area contributed by atoms with E-state index in [9.17, 15) is 4.79 Å². The molecular formula is C11H18N4O. The van der Waals surface area contributed by atoms with Crippen molar-refractivity contribution in [2.24, 2.45) is 0 Å². The number of nitrogens with one attached hydrogen (secondary N) is 1. The van der Waals surface area contributed by atoms with E-state index in [1.807, 2.05) is 21.8 Å². The van der Waals surface area contributed by atoms with Gasteiger partial charge in [-0.1, -0.05) is 0 Å². The average Bonchev–Trinajstić information content (AvgIpc) is 2.83. The third kappa shape index (κ3) is 2.98. The molecular weight excluding hydrogens is 204 g/mol. The Morgan fingerprint density at radius 1 is 1.31 bits per heavy atom. The van der Waals surface area contributed by atoms with Gasteiger partial charge < -0.3 is 10.2 Å². The number of likely N-dealkylation sites (tertiary alicyclic amines) is 1. The van der Waals surface area contributed by atoms with Crippen LogP contribution in [0.3, 0.4) is 0 Å².